The van der Waals surface area contributed by atoms with E-state index in [9.17, 15) is 14.0 Å². The van der Waals surface area contributed by atoms with Crippen LogP contribution >= 0.6 is 0 Å². The minimum Gasteiger partial charge on any atom is -0.497 e. The van der Waals surface area contributed by atoms with Gasteiger partial charge in [0.2, 0.25) is 0 Å². The highest BCUT2D eigenvalue weighted by Gasteiger charge is 2.44. The summed E-state index contributed by atoms with van der Waals surface area (Å²) in [6.45, 7) is 2.64. The van der Waals surface area contributed by atoms with Crippen LogP contribution in [0.1, 0.15) is 45.7 Å². The summed E-state index contributed by atoms with van der Waals surface area (Å²) in [6, 6.07) is 9.45. The number of ketones is 1. The number of ether oxygens (including phenoxy) is 2. The summed E-state index contributed by atoms with van der Waals surface area (Å²) in [7, 11) is 1.57. The van der Waals surface area contributed by atoms with Crippen LogP contribution in [0, 0.1) is 12.7 Å². The molecule has 0 atom stereocenters. The van der Waals surface area contributed by atoms with Crippen LogP contribution < -0.4 is 9.47 Å². The van der Waals surface area contributed by atoms with E-state index in [4.69, 9.17) is 13.9 Å². The molecule has 2 aliphatic rings. The third-order valence-electron chi connectivity index (χ3n) is 6.35. The Morgan fingerprint density at radius 1 is 1.16 bits per heavy atom. The topological polar surface area (TPSA) is 69.0 Å². The predicted molar refractivity (Wildman–Crippen MR) is 111 cm³/mol. The van der Waals surface area contributed by atoms with Gasteiger partial charge >= 0.3 is 0 Å². The third kappa shape index (κ3) is 3.24. The van der Waals surface area contributed by atoms with Crippen LogP contribution in [0.4, 0.5) is 4.39 Å². The molecule has 1 saturated heterocycles. The number of rotatable bonds is 2. The van der Waals surface area contributed by atoms with Gasteiger partial charge in [0.25, 0.3) is 5.91 Å². The molecule has 5 rings (SSSR count). The Hall–Kier alpha value is -3.35. The van der Waals surface area contributed by atoms with E-state index in [0.717, 1.165) is 0 Å². The van der Waals surface area contributed by atoms with Gasteiger partial charge in [-0.25, -0.2) is 4.39 Å². The highest BCUT2D eigenvalue weighted by Crippen LogP contribution is 2.41. The predicted octanol–water partition coefficient (Wildman–Crippen LogP) is 4.53. The Morgan fingerprint density at radius 2 is 1.94 bits per heavy atom. The molecule has 0 N–H and O–H groups in total. The summed E-state index contributed by atoms with van der Waals surface area (Å²) >= 11 is 0. The number of fused-ring (bicyclic) bond motifs is 2. The van der Waals surface area contributed by atoms with E-state index in [1.54, 1.807) is 37.1 Å². The zero-order chi connectivity index (χ0) is 21.8. The molecule has 2 aliphatic heterocycles. The molecule has 160 valence electrons. The average molecular weight is 423 g/mol. The van der Waals surface area contributed by atoms with Crippen molar-refractivity contribution in [3.8, 4) is 11.5 Å². The first kappa shape index (κ1) is 19.6. The first-order valence-corrected chi connectivity index (χ1v) is 10.3. The van der Waals surface area contributed by atoms with Gasteiger partial charge in [-0.3, -0.25) is 9.59 Å². The number of piperidine rings is 1. The van der Waals surface area contributed by atoms with Crippen molar-refractivity contribution in [2.75, 3.05) is 20.2 Å². The lowest BCUT2D eigenvalue weighted by atomic mass is 9.82. The van der Waals surface area contributed by atoms with E-state index < -0.39 is 5.60 Å². The third-order valence-corrected chi connectivity index (χ3v) is 6.35. The molecule has 0 aliphatic carbocycles. The molecule has 6 nitrogen and oxygen atoms in total. The van der Waals surface area contributed by atoms with Crippen molar-refractivity contribution in [2.24, 2.45) is 0 Å². The maximum Gasteiger partial charge on any atom is 0.289 e. The number of halogens is 1. The Balaban J connectivity index is 1.35. The standard InChI is InChI=1S/C24H22FNO5/c1-14-18-11-15(25)3-6-20(18)30-22(14)23(28)26-9-7-24(8-10-26)13-19(27)17-5-4-16(29-2)12-21(17)31-24/h3-6,11-12H,7-10,13H2,1-2H3. The summed E-state index contributed by atoms with van der Waals surface area (Å²) < 4.78 is 30.9. The summed E-state index contributed by atoms with van der Waals surface area (Å²) in [5.41, 5.74) is 1.06. The van der Waals surface area contributed by atoms with Crippen molar-refractivity contribution in [1.82, 2.24) is 4.90 Å². The molecule has 3 aromatic rings. The molecular formula is C24H22FNO5. The fraction of sp³-hybridized carbons (Fsp3) is 0.333. The normalized spacial score (nSPS) is 17.5. The van der Waals surface area contributed by atoms with Gasteiger partial charge in [-0.2, -0.15) is 0 Å². The smallest absolute Gasteiger partial charge is 0.289 e. The number of hydrogen-bond acceptors (Lipinski definition) is 5. The number of amides is 1. The molecular weight excluding hydrogens is 401 g/mol. The molecule has 1 aromatic heterocycles. The number of Topliss-reactive ketones (excluding diaryl/α,β-unsaturated/α-hetero) is 1. The summed E-state index contributed by atoms with van der Waals surface area (Å²) in [6.07, 6.45) is 1.36. The quantitative estimate of drug-likeness (QED) is 0.606. The second-order valence-electron chi connectivity index (χ2n) is 8.24. The van der Waals surface area contributed by atoms with Gasteiger partial charge < -0.3 is 18.8 Å². The van der Waals surface area contributed by atoms with Crippen molar-refractivity contribution >= 4 is 22.7 Å². The maximum atomic E-state index is 13.6. The van der Waals surface area contributed by atoms with Gasteiger partial charge in [-0.15, -0.1) is 0 Å². The van der Waals surface area contributed by atoms with Gasteiger partial charge in [0.05, 0.1) is 19.1 Å². The monoisotopic (exact) mass is 423 g/mol. The van der Waals surface area contributed by atoms with Crippen molar-refractivity contribution in [3.05, 3.63) is 59.1 Å². The zero-order valence-corrected chi connectivity index (χ0v) is 17.4. The Labute approximate surface area is 178 Å². The molecule has 3 heterocycles. The Kier molecular flexibility index (Phi) is 4.50. The van der Waals surface area contributed by atoms with Crippen LogP contribution in [0.25, 0.3) is 11.0 Å². The van der Waals surface area contributed by atoms with Crippen LogP contribution in [-0.4, -0.2) is 42.4 Å². The van der Waals surface area contributed by atoms with E-state index in [-0.39, 0.29) is 29.7 Å². The van der Waals surface area contributed by atoms with Gasteiger partial charge in [0.15, 0.2) is 11.5 Å². The van der Waals surface area contributed by atoms with Crippen molar-refractivity contribution in [1.29, 1.82) is 0 Å². The largest absolute Gasteiger partial charge is 0.497 e. The van der Waals surface area contributed by atoms with Crippen molar-refractivity contribution in [2.45, 2.75) is 31.8 Å². The lowest BCUT2D eigenvalue weighted by Crippen LogP contribution is -2.52. The second kappa shape index (κ2) is 7.11. The molecule has 7 heteroatoms. The molecule has 0 radical (unpaired) electrons. The minimum absolute atomic E-state index is 0.0406. The second-order valence-corrected chi connectivity index (χ2v) is 8.24. The van der Waals surface area contributed by atoms with E-state index in [1.165, 1.54) is 18.2 Å². The lowest BCUT2D eigenvalue weighted by molar-refractivity contribution is -0.00649. The number of carbonyl (C=O) groups is 2. The Morgan fingerprint density at radius 3 is 2.68 bits per heavy atom. The van der Waals surface area contributed by atoms with Gasteiger partial charge in [0.1, 0.15) is 28.5 Å². The van der Waals surface area contributed by atoms with Crippen LogP contribution in [0.15, 0.2) is 40.8 Å². The molecule has 1 spiro atoms. The first-order chi connectivity index (χ1) is 14.9. The fourth-order valence-electron chi connectivity index (χ4n) is 4.54. The fourth-order valence-corrected chi connectivity index (χ4v) is 4.54. The van der Waals surface area contributed by atoms with Crippen molar-refractivity contribution in [3.63, 3.8) is 0 Å². The van der Waals surface area contributed by atoms with Crippen LogP contribution in [0.5, 0.6) is 11.5 Å². The number of methoxy groups -OCH3 is 1. The van der Waals surface area contributed by atoms with Crippen LogP contribution in [0.2, 0.25) is 0 Å². The van der Waals surface area contributed by atoms with E-state index in [1.807, 2.05) is 0 Å². The average Bonchev–Trinajstić information content (AvgIpc) is 3.09. The number of likely N-dealkylation sites (tertiary alicyclic amines) is 1. The molecule has 0 bridgehead atoms. The first-order valence-electron chi connectivity index (χ1n) is 10.3. The number of nitrogens with zero attached hydrogens (tertiary/aromatic N) is 1. The van der Waals surface area contributed by atoms with Gasteiger partial charge in [-0.05, 0) is 37.3 Å². The highest BCUT2D eigenvalue weighted by atomic mass is 19.1. The molecule has 0 unspecified atom stereocenters. The molecule has 1 amide bonds. The number of aryl methyl sites for hydroxylation is 1. The number of benzene rings is 2. The highest BCUT2D eigenvalue weighted by molar-refractivity contribution is 6.01. The molecule has 1 fully saturated rings. The maximum absolute atomic E-state index is 13.6. The summed E-state index contributed by atoms with van der Waals surface area (Å²) in [5, 5.41) is 0.601. The number of carbonyl (C=O) groups excluding carboxylic acids is 2. The number of hydrogen-bond donors (Lipinski definition) is 0. The van der Waals surface area contributed by atoms with Gasteiger partial charge in [0, 0.05) is 42.9 Å². The molecule has 2 aromatic carbocycles. The zero-order valence-electron chi connectivity index (χ0n) is 17.4. The summed E-state index contributed by atoms with van der Waals surface area (Å²) in [4.78, 5) is 27.5. The van der Waals surface area contributed by atoms with Crippen molar-refractivity contribution < 1.29 is 27.9 Å². The van der Waals surface area contributed by atoms with Gasteiger partial charge in [-0.1, -0.05) is 0 Å². The summed E-state index contributed by atoms with van der Waals surface area (Å²) in [5.74, 6) is 0.837. The SMILES string of the molecule is COc1ccc2c(c1)OC1(CCN(C(=O)c3oc4ccc(F)cc4c3C)CC1)CC2=O. The van der Waals surface area contributed by atoms with Crippen LogP contribution in [-0.2, 0) is 0 Å². The van der Waals surface area contributed by atoms with E-state index in [0.29, 0.717) is 59.5 Å². The van der Waals surface area contributed by atoms with E-state index in [2.05, 4.69) is 0 Å². The molecule has 31 heavy (non-hydrogen) atoms. The molecule has 0 saturated carbocycles. The Bertz CT molecular complexity index is 1210. The minimum atomic E-state index is -0.626. The van der Waals surface area contributed by atoms with E-state index >= 15 is 0 Å². The lowest BCUT2D eigenvalue weighted by Gasteiger charge is -2.43. The number of furan rings is 1. The van der Waals surface area contributed by atoms with Crippen LogP contribution in [0.3, 0.4) is 0 Å².